The lowest BCUT2D eigenvalue weighted by atomic mass is 10.1. The third-order valence-corrected chi connectivity index (χ3v) is 3.16. The SMILES string of the molecule is CCCCN(CCCCCN)C(C)CC. The second-order valence-electron chi connectivity index (χ2n) is 4.50. The lowest BCUT2D eigenvalue weighted by molar-refractivity contribution is 0.197. The Morgan fingerprint density at radius 2 is 1.67 bits per heavy atom. The van der Waals surface area contributed by atoms with Crippen LogP contribution in [0.2, 0.25) is 0 Å². The summed E-state index contributed by atoms with van der Waals surface area (Å²) in [6.07, 6.45) is 7.68. The molecule has 0 fully saturated rings. The third-order valence-electron chi connectivity index (χ3n) is 3.16. The lowest BCUT2D eigenvalue weighted by Crippen LogP contribution is -2.34. The van der Waals surface area contributed by atoms with Gasteiger partial charge in [0.05, 0.1) is 0 Å². The molecular weight excluding hydrogens is 184 g/mol. The summed E-state index contributed by atoms with van der Waals surface area (Å²) >= 11 is 0. The van der Waals surface area contributed by atoms with Gasteiger partial charge in [0, 0.05) is 6.04 Å². The highest BCUT2D eigenvalue weighted by Gasteiger charge is 2.10. The largest absolute Gasteiger partial charge is 0.330 e. The Hall–Kier alpha value is -0.0800. The predicted molar refractivity (Wildman–Crippen MR) is 69.1 cm³/mol. The number of hydrogen-bond donors (Lipinski definition) is 1. The topological polar surface area (TPSA) is 29.3 Å². The molecule has 0 amide bonds. The van der Waals surface area contributed by atoms with Crippen molar-refractivity contribution in [3.63, 3.8) is 0 Å². The van der Waals surface area contributed by atoms with Crippen LogP contribution >= 0.6 is 0 Å². The highest BCUT2D eigenvalue weighted by atomic mass is 15.1. The molecule has 0 rings (SSSR count). The minimum absolute atomic E-state index is 0.745. The van der Waals surface area contributed by atoms with Crippen molar-refractivity contribution in [2.24, 2.45) is 5.73 Å². The first kappa shape index (κ1) is 14.9. The van der Waals surface area contributed by atoms with Crippen molar-refractivity contribution >= 4 is 0 Å². The van der Waals surface area contributed by atoms with E-state index < -0.39 is 0 Å². The molecule has 2 N–H and O–H groups in total. The fourth-order valence-corrected chi connectivity index (χ4v) is 1.81. The van der Waals surface area contributed by atoms with Gasteiger partial charge in [0.2, 0.25) is 0 Å². The van der Waals surface area contributed by atoms with Crippen molar-refractivity contribution in [3.05, 3.63) is 0 Å². The van der Waals surface area contributed by atoms with E-state index in [0.29, 0.717) is 0 Å². The van der Waals surface area contributed by atoms with Crippen LogP contribution in [0.5, 0.6) is 0 Å². The van der Waals surface area contributed by atoms with E-state index in [1.54, 1.807) is 0 Å². The average molecular weight is 214 g/mol. The van der Waals surface area contributed by atoms with Gasteiger partial charge in [-0.25, -0.2) is 0 Å². The summed E-state index contributed by atoms with van der Waals surface area (Å²) in [5, 5.41) is 0. The Labute approximate surface area is 96.2 Å². The highest BCUT2D eigenvalue weighted by Crippen LogP contribution is 2.08. The molecule has 0 aromatic heterocycles. The van der Waals surface area contributed by atoms with Crippen LogP contribution in [0.3, 0.4) is 0 Å². The Balaban J connectivity index is 3.69. The van der Waals surface area contributed by atoms with Gasteiger partial charge >= 0.3 is 0 Å². The number of hydrogen-bond acceptors (Lipinski definition) is 2. The van der Waals surface area contributed by atoms with E-state index in [-0.39, 0.29) is 0 Å². The van der Waals surface area contributed by atoms with Gasteiger partial charge in [0.25, 0.3) is 0 Å². The van der Waals surface area contributed by atoms with Crippen LogP contribution in [0.15, 0.2) is 0 Å². The molecule has 0 aliphatic carbocycles. The zero-order chi connectivity index (χ0) is 11.5. The maximum Gasteiger partial charge on any atom is 0.00643 e. The van der Waals surface area contributed by atoms with Gasteiger partial charge in [0.15, 0.2) is 0 Å². The molecule has 0 bridgehead atoms. The molecule has 0 spiro atoms. The van der Waals surface area contributed by atoms with Gasteiger partial charge in [0.1, 0.15) is 0 Å². The van der Waals surface area contributed by atoms with Crippen molar-refractivity contribution in [1.82, 2.24) is 4.90 Å². The molecule has 0 heterocycles. The zero-order valence-electron chi connectivity index (χ0n) is 11.0. The number of nitrogens with zero attached hydrogens (tertiary/aromatic N) is 1. The van der Waals surface area contributed by atoms with Gasteiger partial charge in [-0.1, -0.05) is 26.7 Å². The molecule has 15 heavy (non-hydrogen) atoms. The molecule has 0 aromatic carbocycles. The molecular formula is C13H30N2. The van der Waals surface area contributed by atoms with Crippen LogP contribution in [0.4, 0.5) is 0 Å². The minimum atomic E-state index is 0.745. The molecule has 1 atom stereocenters. The van der Waals surface area contributed by atoms with Crippen molar-refractivity contribution in [1.29, 1.82) is 0 Å². The van der Waals surface area contributed by atoms with Crippen LogP contribution in [0.1, 0.15) is 59.3 Å². The molecule has 2 heteroatoms. The monoisotopic (exact) mass is 214 g/mol. The molecule has 0 saturated heterocycles. The quantitative estimate of drug-likeness (QED) is 0.566. The van der Waals surface area contributed by atoms with Crippen LogP contribution in [-0.2, 0) is 0 Å². The first-order valence-corrected chi connectivity index (χ1v) is 6.70. The summed E-state index contributed by atoms with van der Waals surface area (Å²) in [5.41, 5.74) is 5.50. The summed E-state index contributed by atoms with van der Waals surface area (Å²) < 4.78 is 0. The van der Waals surface area contributed by atoms with E-state index in [1.807, 2.05) is 0 Å². The van der Waals surface area contributed by atoms with Crippen molar-refractivity contribution < 1.29 is 0 Å². The minimum Gasteiger partial charge on any atom is -0.330 e. The van der Waals surface area contributed by atoms with Crippen LogP contribution in [-0.4, -0.2) is 30.6 Å². The van der Waals surface area contributed by atoms with E-state index in [9.17, 15) is 0 Å². The molecule has 0 saturated carbocycles. The molecule has 0 aliphatic heterocycles. The summed E-state index contributed by atoms with van der Waals surface area (Å²) in [4.78, 5) is 2.64. The smallest absolute Gasteiger partial charge is 0.00643 e. The third kappa shape index (κ3) is 7.80. The summed E-state index contributed by atoms with van der Waals surface area (Å²) in [7, 11) is 0. The van der Waals surface area contributed by atoms with Crippen molar-refractivity contribution in [2.75, 3.05) is 19.6 Å². The summed E-state index contributed by atoms with van der Waals surface area (Å²) in [6.45, 7) is 10.3. The standard InChI is InChI=1S/C13H30N2/c1-4-6-11-15(13(3)5-2)12-9-7-8-10-14/h13H,4-12,14H2,1-3H3. The molecule has 1 unspecified atom stereocenters. The zero-order valence-corrected chi connectivity index (χ0v) is 11.0. The highest BCUT2D eigenvalue weighted by molar-refractivity contribution is 4.65. The molecule has 0 aromatic rings. The van der Waals surface area contributed by atoms with E-state index in [1.165, 1.54) is 51.6 Å². The van der Waals surface area contributed by atoms with E-state index in [4.69, 9.17) is 5.73 Å². The predicted octanol–water partition coefficient (Wildman–Crippen LogP) is 3.02. The van der Waals surface area contributed by atoms with Gasteiger partial charge in [-0.05, 0) is 52.2 Å². The van der Waals surface area contributed by atoms with E-state index in [0.717, 1.165) is 12.6 Å². The molecule has 2 nitrogen and oxygen atoms in total. The fourth-order valence-electron chi connectivity index (χ4n) is 1.81. The molecule has 92 valence electrons. The average Bonchev–Trinajstić information content (AvgIpc) is 2.27. The van der Waals surface area contributed by atoms with Gasteiger partial charge in [-0.3, -0.25) is 0 Å². The maximum absolute atomic E-state index is 5.50. The Morgan fingerprint density at radius 3 is 2.20 bits per heavy atom. The maximum atomic E-state index is 5.50. The fraction of sp³-hybridized carbons (Fsp3) is 1.00. The first-order valence-electron chi connectivity index (χ1n) is 6.70. The second-order valence-corrected chi connectivity index (χ2v) is 4.50. The van der Waals surface area contributed by atoms with Gasteiger partial charge in [-0.2, -0.15) is 0 Å². The first-order chi connectivity index (χ1) is 7.26. The number of nitrogens with two attached hydrogens (primary N) is 1. The van der Waals surface area contributed by atoms with E-state index in [2.05, 4.69) is 25.7 Å². The Bertz CT molecular complexity index is 126. The second kappa shape index (κ2) is 10.4. The molecule has 0 aliphatic rings. The van der Waals surface area contributed by atoms with Crippen molar-refractivity contribution in [2.45, 2.75) is 65.3 Å². The Kier molecular flexibility index (Phi) is 10.4. The van der Waals surface area contributed by atoms with Crippen LogP contribution < -0.4 is 5.73 Å². The lowest BCUT2D eigenvalue weighted by Gasteiger charge is -2.28. The normalized spacial score (nSPS) is 13.4. The van der Waals surface area contributed by atoms with Gasteiger partial charge < -0.3 is 10.6 Å². The van der Waals surface area contributed by atoms with Gasteiger partial charge in [-0.15, -0.1) is 0 Å². The molecule has 0 radical (unpaired) electrons. The van der Waals surface area contributed by atoms with Crippen LogP contribution in [0, 0.1) is 0 Å². The van der Waals surface area contributed by atoms with Crippen molar-refractivity contribution in [3.8, 4) is 0 Å². The summed E-state index contributed by atoms with van der Waals surface area (Å²) in [6, 6.07) is 0.745. The number of unbranched alkanes of at least 4 members (excludes halogenated alkanes) is 3. The van der Waals surface area contributed by atoms with Crippen LogP contribution in [0.25, 0.3) is 0 Å². The van der Waals surface area contributed by atoms with E-state index >= 15 is 0 Å². The summed E-state index contributed by atoms with van der Waals surface area (Å²) in [5.74, 6) is 0. The number of rotatable bonds is 10. The Morgan fingerprint density at radius 1 is 1.00 bits per heavy atom.